The summed E-state index contributed by atoms with van der Waals surface area (Å²) in [6.45, 7) is 3.41. The Morgan fingerprint density at radius 1 is 1.26 bits per heavy atom. The molecule has 1 aliphatic rings. The lowest BCUT2D eigenvalue weighted by Gasteiger charge is -2.39. The van der Waals surface area contributed by atoms with Crippen LogP contribution in [-0.4, -0.2) is 25.1 Å². The second-order valence-corrected chi connectivity index (χ2v) is 9.85. The quantitative estimate of drug-likeness (QED) is 0.684. The van der Waals surface area contributed by atoms with Crippen molar-refractivity contribution in [3.05, 3.63) is 53.6 Å². The molecule has 0 unspecified atom stereocenters. The predicted molar refractivity (Wildman–Crippen MR) is 103 cm³/mol. The van der Waals surface area contributed by atoms with Crippen LogP contribution in [0.15, 0.2) is 43.0 Å². The molecule has 0 bridgehead atoms. The fraction of sp³-hybridized carbons (Fsp3) is 0.500. The summed E-state index contributed by atoms with van der Waals surface area (Å²) in [6, 6.07) is 8.38. The molecular formula is C18H23ClN2S2. The van der Waals surface area contributed by atoms with E-state index in [-0.39, 0.29) is 0 Å². The van der Waals surface area contributed by atoms with E-state index in [9.17, 15) is 0 Å². The largest absolute Gasteiger partial charge is 0.337 e. The first-order chi connectivity index (χ1) is 11.2. The van der Waals surface area contributed by atoms with Crippen molar-refractivity contribution >= 4 is 35.1 Å². The van der Waals surface area contributed by atoms with Gasteiger partial charge in [-0.05, 0) is 54.4 Å². The lowest BCUT2D eigenvalue weighted by atomic mass is 10.1. The average Bonchev–Trinajstić information content (AvgIpc) is 3.06. The molecule has 1 aliphatic heterocycles. The fourth-order valence-corrected chi connectivity index (χ4v) is 6.42. The Morgan fingerprint density at radius 3 is 2.65 bits per heavy atom. The number of imidazole rings is 1. The second kappa shape index (κ2) is 8.00. The number of halogens is 1. The van der Waals surface area contributed by atoms with Crippen LogP contribution in [0.5, 0.6) is 0 Å². The van der Waals surface area contributed by atoms with Crippen LogP contribution in [0.3, 0.4) is 0 Å². The number of aryl methyl sites for hydroxylation is 1. The van der Waals surface area contributed by atoms with E-state index >= 15 is 0 Å². The standard InChI is InChI=1S/C18H23ClN2S2/c1-15-12-22-18(23-13-15,7-2-9-21-10-8-20-14-21)11-16-3-5-17(19)6-4-16/h3-6,8,10,14-15H,2,7,9,11-13H2,1H3. The van der Waals surface area contributed by atoms with Crippen LogP contribution >= 0.6 is 35.1 Å². The number of aromatic nitrogens is 2. The van der Waals surface area contributed by atoms with E-state index in [2.05, 4.69) is 58.3 Å². The topological polar surface area (TPSA) is 17.8 Å². The highest BCUT2D eigenvalue weighted by atomic mass is 35.5. The van der Waals surface area contributed by atoms with E-state index in [0.29, 0.717) is 4.08 Å². The van der Waals surface area contributed by atoms with E-state index < -0.39 is 0 Å². The summed E-state index contributed by atoms with van der Waals surface area (Å²) in [5.74, 6) is 3.36. The summed E-state index contributed by atoms with van der Waals surface area (Å²) >= 11 is 10.3. The van der Waals surface area contributed by atoms with E-state index in [1.54, 1.807) is 0 Å². The lowest BCUT2D eigenvalue weighted by molar-refractivity contribution is 0.571. The Morgan fingerprint density at radius 2 is 2.00 bits per heavy atom. The van der Waals surface area contributed by atoms with E-state index in [0.717, 1.165) is 23.9 Å². The van der Waals surface area contributed by atoms with Gasteiger partial charge in [-0.1, -0.05) is 30.7 Å². The van der Waals surface area contributed by atoms with Crippen molar-refractivity contribution in [3.63, 3.8) is 0 Å². The second-order valence-electron chi connectivity index (χ2n) is 6.35. The molecule has 1 saturated heterocycles. The van der Waals surface area contributed by atoms with Gasteiger partial charge in [0.15, 0.2) is 0 Å². The zero-order valence-corrected chi connectivity index (χ0v) is 15.8. The summed E-state index contributed by atoms with van der Waals surface area (Å²) in [5, 5.41) is 0.820. The van der Waals surface area contributed by atoms with Crippen molar-refractivity contribution in [3.8, 4) is 0 Å². The molecule has 2 heterocycles. The molecule has 5 heteroatoms. The smallest absolute Gasteiger partial charge is 0.0945 e. The van der Waals surface area contributed by atoms with Gasteiger partial charge in [-0.2, -0.15) is 0 Å². The number of nitrogens with zero attached hydrogens (tertiary/aromatic N) is 2. The minimum Gasteiger partial charge on any atom is -0.337 e. The maximum Gasteiger partial charge on any atom is 0.0945 e. The van der Waals surface area contributed by atoms with Crippen LogP contribution in [0.25, 0.3) is 0 Å². The van der Waals surface area contributed by atoms with Crippen molar-refractivity contribution in [2.75, 3.05) is 11.5 Å². The van der Waals surface area contributed by atoms with E-state index in [4.69, 9.17) is 11.6 Å². The maximum absolute atomic E-state index is 6.03. The summed E-state index contributed by atoms with van der Waals surface area (Å²) in [6.07, 6.45) is 9.36. The predicted octanol–water partition coefficient (Wildman–Crippen LogP) is 5.37. The summed E-state index contributed by atoms with van der Waals surface area (Å²) in [5.41, 5.74) is 1.39. The molecule has 1 aromatic carbocycles. The monoisotopic (exact) mass is 366 g/mol. The van der Waals surface area contributed by atoms with Gasteiger partial charge in [0, 0.05) is 24.0 Å². The molecule has 23 heavy (non-hydrogen) atoms. The highest BCUT2D eigenvalue weighted by Crippen LogP contribution is 2.49. The zero-order chi connectivity index (χ0) is 16.1. The minimum absolute atomic E-state index is 0.306. The number of thioether (sulfide) groups is 2. The van der Waals surface area contributed by atoms with Crippen LogP contribution in [0.4, 0.5) is 0 Å². The summed E-state index contributed by atoms with van der Waals surface area (Å²) < 4.78 is 2.48. The van der Waals surface area contributed by atoms with E-state index in [1.807, 2.05) is 24.7 Å². The molecule has 124 valence electrons. The Kier molecular flexibility index (Phi) is 6.00. The fourth-order valence-electron chi connectivity index (χ4n) is 2.88. The highest BCUT2D eigenvalue weighted by molar-refractivity contribution is 8.18. The van der Waals surface area contributed by atoms with Gasteiger partial charge < -0.3 is 4.57 Å². The molecule has 0 spiro atoms. The van der Waals surface area contributed by atoms with Gasteiger partial charge in [-0.15, -0.1) is 23.5 Å². The van der Waals surface area contributed by atoms with Gasteiger partial charge in [0.05, 0.1) is 10.4 Å². The lowest BCUT2D eigenvalue weighted by Crippen LogP contribution is -2.31. The van der Waals surface area contributed by atoms with Crippen LogP contribution in [0.1, 0.15) is 25.3 Å². The Bertz CT molecular complexity index is 590. The number of hydrogen-bond donors (Lipinski definition) is 0. The van der Waals surface area contributed by atoms with Crippen LogP contribution in [-0.2, 0) is 13.0 Å². The molecule has 0 saturated carbocycles. The van der Waals surface area contributed by atoms with Crippen LogP contribution < -0.4 is 0 Å². The first kappa shape index (κ1) is 17.2. The molecule has 1 aromatic heterocycles. The van der Waals surface area contributed by atoms with Crippen LogP contribution in [0, 0.1) is 5.92 Å². The molecule has 0 radical (unpaired) electrons. The van der Waals surface area contributed by atoms with Gasteiger partial charge in [0.25, 0.3) is 0 Å². The number of benzene rings is 1. The third-order valence-electron chi connectivity index (χ3n) is 4.18. The van der Waals surface area contributed by atoms with Gasteiger partial charge in [0.2, 0.25) is 0 Å². The van der Waals surface area contributed by atoms with Crippen molar-refractivity contribution in [2.24, 2.45) is 5.92 Å². The normalized spacial score (nSPS) is 24.7. The van der Waals surface area contributed by atoms with Crippen molar-refractivity contribution in [1.29, 1.82) is 0 Å². The molecule has 0 atom stereocenters. The van der Waals surface area contributed by atoms with E-state index in [1.165, 1.54) is 29.9 Å². The molecule has 0 amide bonds. The summed E-state index contributed by atoms with van der Waals surface area (Å²) in [7, 11) is 0. The molecular weight excluding hydrogens is 344 g/mol. The van der Waals surface area contributed by atoms with Crippen molar-refractivity contribution in [2.45, 2.75) is 36.8 Å². The van der Waals surface area contributed by atoms with Crippen LogP contribution in [0.2, 0.25) is 5.02 Å². The molecule has 2 nitrogen and oxygen atoms in total. The summed E-state index contributed by atoms with van der Waals surface area (Å²) in [4.78, 5) is 4.13. The average molecular weight is 367 g/mol. The van der Waals surface area contributed by atoms with Crippen molar-refractivity contribution < 1.29 is 0 Å². The molecule has 0 N–H and O–H groups in total. The number of hydrogen-bond acceptors (Lipinski definition) is 3. The zero-order valence-electron chi connectivity index (χ0n) is 13.5. The first-order valence-electron chi connectivity index (χ1n) is 8.13. The minimum atomic E-state index is 0.306. The third kappa shape index (κ3) is 4.94. The molecule has 0 aliphatic carbocycles. The molecule has 1 fully saturated rings. The third-order valence-corrected chi connectivity index (χ3v) is 8.36. The Labute approximate surface area is 152 Å². The van der Waals surface area contributed by atoms with Gasteiger partial charge in [0.1, 0.15) is 0 Å². The van der Waals surface area contributed by atoms with Gasteiger partial charge >= 0.3 is 0 Å². The van der Waals surface area contributed by atoms with Crippen molar-refractivity contribution in [1.82, 2.24) is 9.55 Å². The SMILES string of the molecule is CC1CSC(CCCn2ccnc2)(Cc2ccc(Cl)cc2)SC1. The first-order valence-corrected chi connectivity index (χ1v) is 10.5. The highest BCUT2D eigenvalue weighted by Gasteiger charge is 2.35. The van der Waals surface area contributed by atoms with Gasteiger partial charge in [-0.25, -0.2) is 4.98 Å². The van der Waals surface area contributed by atoms with Gasteiger partial charge in [-0.3, -0.25) is 0 Å². The Hall–Kier alpha value is -0.580. The molecule has 2 aromatic rings. The number of rotatable bonds is 6. The molecule has 3 rings (SSSR count). The maximum atomic E-state index is 6.03. The Balaban J connectivity index is 1.65.